The van der Waals surface area contributed by atoms with Crippen molar-refractivity contribution in [3.63, 3.8) is 0 Å². The Kier molecular flexibility index (Phi) is 7.37. The van der Waals surface area contributed by atoms with E-state index in [-0.39, 0.29) is 24.4 Å². The average molecular weight is 371 g/mol. The molecule has 0 saturated carbocycles. The third kappa shape index (κ3) is 6.14. The molecule has 0 atom stereocenters. The Hall–Kier alpha value is -3.35. The van der Waals surface area contributed by atoms with E-state index < -0.39 is 18.4 Å². The van der Waals surface area contributed by atoms with E-state index in [1.165, 1.54) is 20.3 Å². The molecule has 0 heterocycles. The van der Waals surface area contributed by atoms with Gasteiger partial charge in [-0.15, -0.1) is 0 Å². The van der Waals surface area contributed by atoms with Gasteiger partial charge in [-0.05, 0) is 17.7 Å². The number of hydrogen-bond donors (Lipinski definition) is 1. The Labute approximate surface area is 157 Å². The van der Waals surface area contributed by atoms with Crippen molar-refractivity contribution in [2.45, 2.75) is 6.42 Å². The number of rotatable bonds is 9. The van der Waals surface area contributed by atoms with Crippen molar-refractivity contribution >= 4 is 17.7 Å². The van der Waals surface area contributed by atoms with Crippen molar-refractivity contribution in [1.82, 2.24) is 5.32 Å². The van der Waals surface area contributed by atoms with Crippen molar-refractivity contribution in [3.05, 3.63) is 59.7 Å². The number of carbonyl (C=O) groups excluding carboxylic acids is 3. The second kappa shape index (κ2) is 9.96. The van der Waals surface area contributed by atoms with Crippen LogP contribution in [0.5, 0.6) is 11.5 Å². The van der Waals surface area contributed by atoms with Crippen LogP contribution >= 0.6 is 0 Å². The number of hydrogen-bond acceptors (Lipinski definition) is 6. The van der Waals surface area contributed by atoms with Crippen LogP contribution in [0.4, 0.5) is 0 Å². The highest BCUT2D eigenvalue weighted by atomic mass is 16.5. The number of benzene rings is 2. The fourth-order valence-corrected chi connectivity index (χ4v) is 2.32. The fraction of sp³-hybridized carbons (Fsp3) is 0.250. The SMILES string of the molecule is COc1ccc(C(=O)COC(=O)CNC(=O)Cc2ccccc2)c(OC)c1. The van der Waals surface area contributed by atoms with E-state index in [0.29, 0.717) is 11.5 Å². The molecule has 0 saturated heterocycles. The fourth-order valence-electron chi connectivity index (χ4n) is 2.32. The molecule has 0 aliphatic carbocycles. The standard InChI is InChI=1S/C20H21NO6/c1-25-15-8-9-16(18(11-15)26-2)17(22)13-27-20(24)12-21-19(23)10-14-6-4-3-5-7-14/h3-9,11H,10,12-13H2,1-2H3,(H,21,23). The quantitative estimate of drug-likeness (QED) is 0.534. The van der Waals surface area contributed by atoms with Gasteiger partial charge in [-0.2, -0.15) is 0 Å². The first-order valence-corrected chi connectivity index (χ1v) is 8.25. The number of ether oxygens (including phenoxy) is 3. The van der Waals surface area contributed by atoms with Crippen LogP contribution in [0.15, 0.2) is 48.5 Å². The van der Waals surface area contributed by atoms with Crippen molar-refractivity contribution < 1.29 is 28.6 Å². The van der Waals surface area contributed by atoms with Crippen LogP contribution in [0.25, 0.3) is 0 Å². The minimum absolute atomic E-state index is 0.163. The molecule has 2 aromatic carbocycles. The Morgan fingerprint density at radius 3 is 2.37 bits per heavy atom. The van der Waals surface area contributed by atoms with Crippen LogP contribution in [0.1, 0.15) is 15.9 Å². The molecule has 0 aliphatic rings. The van der Waals surface area contributed by atoms with Crippen molar-refractivity contribution in [1.29, 1.82) is 0 Å². The molecule has 0 aliphatic heterocycles. The summed E-state index contributed by atoms with van der Waals surface area (Å²) < 4.78 is 15.1. The van der Waals surface area contributed by atoms with Crippen molar-refractivity contribution in [2.75, 3.05) is 27.4 Å². The number of nitrogens with one attached hydrogen (secondary N) is 1. The molecule has 2 aromatic rings. The number of carbonyl (C=O) groups is 3. The first-order valence-electron chi connectivity index (χ1n) is 8.25. The molecule has 0 bridgehead atoms. The van der Waals surface area contributed by atoms with Gasteiger partial charge in [0.2, 0.25) is 11.7 Å². The minimum atomic E-state index is -0.697. The topological polar surface area (TPSA) is 90.9 Å². The molecule has 0 radical (unpaired) electrons. The summed E-state index contributed by atoms with van der Waals surface area (Å²) in [6.45, 7) is -0.755. The highest BCUT2D eigenvalue weighted by Crippen LogP contribution is 2.24. The zero-order chi connectivity index (χ0) is 19.6. The van der Waals surface area contributed by atoms with Gasteiger partial charge in [0.25, 0.3) is 0 Å². The normalized spacial score (nSPS) is 10.0. The summed E-state index contributed by atoms with van der Waals surface area (Å²) >= 11 is 0. The smallest absolute Gasteiger partial charge is 0.325 e. The lowest BCUT2D eigenvalue weighted by molar-refractivity contribution is -0.142. The number of esters is 1. The molecule has 142 valence electrons. The summed E-state index contributed by atoms with van der Waals surface area (Å²) in [5.41, 5.74) is 1.12. The van der Waals surface area contributed by atoms with Crippen LogP contribution in [0.2, 0.25) is 0 Å². The molecule has 0 aromatic heterocycles. The maximum Gasteiger partial charge on any atom is 0.325 e. The van der Waals surface area contributed by atoms with Crippen LogP contribution < -0.4 is 14.8 Å². The molecule has 1 N–H and O–H groups in total. The number of Topliss-reactive ketones (excluding diaryl/α,β-unsaturated/α-hetero) is 1. The molecule has 0 spiro atoms. The lowest BCUT2D eigenvalue weighted by Gasteiger charge is -2.10. The maximum atomic E-state index is 12.2. The first kappa shape index (κ1) is 20.0. The van der Waals surface area contributed by atoms with E-state index in [2.05, 4.69) is 5.32 Å². The summed E-state index contributed by atoms with van der Waals surface area (Å²) in [5, 5.41) is 2.47. The Bertz CT molecular complexity index is 803. The Morgan fingerprint density at radius 1 is 0.963 bits per heavy atom. The lowest BCUT2D eigenvalue weighted by atomic mass is 10.1. The van der Waals surface area contributed by atoms with E-state index in [1.807, 2.05) is 30.3 Å². The second-order valence-electron chi connectivity index (χ2n) is 5.59. The predicted molar refractivity (Wildman–Crippen MR) is 98.0 cm³/mol. The van der Waals surface area contributed by atoms with Crippen LogP contribution in [-0.4, -0.2) is 45.0 Å². The van der Waals surface area contributed by atoms with Crippen LogP contribution in [0.3, 0.4) is 0 Å². The van der Waals surface area contributed by atoms with Gasteiger partial charge in [0.15, 0.2) is 6.61 Å². The number of ketones is 1. The number of methoxy groups -OCH3 is 2. The zero-order valence-corrected chi connectivity index (χ0v) is 15.2. The molecule has 0 fully saturated rings. The van der Waals surface area contributed by atoms with Gasteiger partial charge in [0.1, 0.15) is 18.0 Å². The third-order valence-electron chi connectivity index (χ3n) is 3.71. The van der Waals surface area contributed by atoms with E-state index in [1.54, 1.807) is 12.1 Å². The van der Waals surface area contributed by atoms with Crippen LogP contribution in [-0.2, 0) is 20.7 Å². The van der Waals surface area contributed by atoms with E-state index in [4.69, 9.17) is 14.2 Å². The van der Waals surface area contributed by atoms with E-state index in [9.17, 15) is 14.4 Å². The number of amides is 1. The van der Waals surface area contributed by atoms with Crippen molar-refractivity contribution in [3.8, 4) is 11.5 Å². The molecule has 2 rings (SSSR count). The van der Waals surface area contributed by atoms with Gasteiger partial charge in [-0.3, -0.25) is 14.4 Å². The van der Waals surface area contributed by atoms with Gasteiger partial charge in [-0.1, -0.05) is 30.3 Å². The largest absolute Gasteiger partial charge is 0.497 e. The maximum absolute atomic E-state index is 12.2. The van der Waals surface area contributed by atoms with Gasteiger partial charge in [0.05, 0.1) is 26.2 Å². The molecular formula is C20H21NO6. The minimum Gasteiger partial charge on any atom is -0.497 e. The molecule has 7 heteroatoms. The zero-order valence-electron chi connectivity index (χ0n) is 15.2. The molecule has 27 heavy (non-hydrogen) atoms. The van der Waals surface area contributed by atoms with E-state index in [0.717, 1.165) is 5.56 Å². The summed E-state index contributed by atoms with van der Waals surface area (Å²) in [5.74, 6) is -0.551. The monoisotopic (exact) mass is 371 g/mol. The summed E-state index contributed by atoms with van der Waals surface area (Å²) in [6, 6.07) is 13.9. The third-order valence-corrected chi connectivity index (χ3v) is 3.71. The molecular weight excluding hydrogens is 350 g/mol. The summed E-state index contributed by atoms with van der Waals surface area (Å²) in [4.78, 5) is 35.8. The first-order chi connectivity index (χ1) is 13.0. The van der Waals surface area contributed by atoms with Crippen molar-refractivity contribution in [2.24, 2.45) is 0 Å². The van der Waals surface area contributed by atoms with Gasteiger partial charge < -0.3 is 19.5 Å². The Morgan fingerprint density at radius 2 is 1.70 bits per heavy atom. The molecule has 7 nitrogen and oxygen atoms in total. The second-order valence-corrected chi connectivity index (χ2v) is 5.59. The summed E-state index contributed by atoms with van der Waals surface area (Å²) in [6.07, 6.45) is 0.163. The van der Waals surface area contributed by atoms with E-state index >= 15 is 0 Å². The van der Waals surface area contributed by atoms with Gasteiger partial charge >= 0.3 is 5.97 Å². The van der Waals surface area contributed by atoms with Gasteiger partial charge in [0, 0.05) is 6.07 Å². The highest BCUT2D eigenvalue weighted by molar-refractivity contribution is 6.00. The molecule has 0 unspecified atom stereocenters. The lowest BCUT2D eigenvalue weighted by Crippen LogP contribution is -2.32. The average Bonchev–Trinajstić information content (AvgIpc) is 2.70. The van der Waals surface area contributed by atoms with Gasteiger partial charge in [-0.25, -0.2) is 0 Å². The predicted octanol–water partition coefficient (Wildman–Crippen LogP) is 1.79. The molecule has 1 amide bonds. The Balaban J connectivity index is 1.79. The summed E-state index contributed by atoms with van der Waals surface area (Å²) in [7, 11) is 2.93. The highest BCUT2D eigenvalue weighted by Gasteiger charge is 2.16. The van der Waals surface area contributed by atoms with Crippen LogP contribution in [0, 0.1) is 0 Å².